The first-order chi connectivity index (χ1) is 14.2. The lowest BCUT2D eigenvalue weighted by Gasteiger charge is -2.25. The molecule has 31 heavy (non-hydrogen) atoms. The van der Waals surface area contributed by atoms with E-state index in [1.165, 1.54) is 18.2 Å². The van der Waals surface area contributed by atoms with Gasteiger partial charge in [-0.25, -0.2) is 8.42 Å². The lowest BCUT2D eigenvalue weighted by molar-refractivity contribution is -0.0502. The van der Waals surface area contributed by atoms with E-state index < -0.39 is 16.6 Å². The Morgan fingerprint density at radius 2 is 1.71 bits per heavy atom. The van der Waals surface area contributed by atoms with Crippen LogP contribution < -0.4 is 14.4 Å². The predicted octanol–water partition coefficient (Wildman–Crippen LogP) is 4.27. The molecule has 0 aliphatic carbocycles. The number of nitrogens with zero attached hydrogens (tertiary/aromatic N) is 2. The summed E-state index contributed by atoms with van der Waals surface area (Å²) in [4.78, 5) is 4.59. The molecular weight excluding hydrogens is 448 g/mol. The molecule has 1 aliphatic rings. The Morgan fingerprint density at radius 1 is 1.00 bits per heavy atom. The van der Waals surface area contributed by atoms with E-state index in [4.69, 9.17) is 0 Å². The molecule has 1 heterocycles. The number of rotatable bonds is 6. The molecule has 0 spiro atoms. The highest BCUT2D eigenvalue weighted by Gasteiger charge is 2.20. The Bertz CT molecular complexity index is 1010. The molecule has 2 aromatic carbocycles. The zero-order valence-electron chi connectivity index (χ0n) is 17.8. The smallest absolute Gasteiger partial charge is 0.387 e. The zero-order chi connectivity index (χ0) is 21.9. The van der Waals surface area contributed by atoms with Crippen molar-refractivity contribution in [2.45, 2.75) is 31.8 Å². The van der Waals surface area contributed by atoms with Crippen molar-refractivity contribution < 1.29 is 21.9 Å². The quantitative estimate of drug-likeness (QED) is 0.676. The van der Waals surface area contributed by atoms with Crippen molar-refractivity contribution in [2.24, 2.45) is 0 Å². The van der Waals surface area contributed by atoms with E-state index in [0.29, 0.717) is 5.56 Å². The Morgan fingerprint density at radius 3 is 2.42 bits per heavy atom. The highest BCUT2D eigenvalue weighted by molar-refractivity contribution is 7.92. The molecular formula is C21H28ClF2N3O3S. The summed E-state index contributed by atoms with van der Waals surface area (Å²) in [6.45, 7) is 4.18. The summed E-state index contributed by atoms with van der Waals surface area (Å²) in [5, 5.41) is 0. The van der Waals surface area contributed by atoms with Gasteiger partial charge in [0, 0.05) is 31.4 Å². The second-order valence-electron chi connectivity index (χ2n) is 7.56. The van der Waals surface area contributed by atoms with E-state index in [1.807, 2.05) is 6.92 Å². The van der Waals surface area contributed by atoms with Crippen LogP contribution in [0.1, 0.15) is 17.5 Å². The van der Waals surface area contributed by atoms with Gasteiger partial charge in [0.2, 0.25) is 0 Å². The van der Waals surface area contributed by atoms with Gasteiger partial charge in [-0.05, 0) is 63.2 Å². The number of hydrogen-bond acceptors (Lipinski definition) is 5. The Labute approximate surface area is 188 Å². The van der Waals surface area contributed by atoms with Crippen molar-refractivity contribution in [1.82, 2.24) is 4.90 Å². The summed E-state index contributed by atoms with van der Waals surface area (Å²) in [6, 6.07) is 9.33. The van der Waals surface area contributed by atoms with Crippen LogP contribution in [0.15, 0.2) is 41.3 Å². The van der Waals surface area contributed by atoms with Crippen LogP contribution >= 0.6 is 12.4 Å². The van der Waals surface area contributed by atoms with Gasteiger partial charge in [-0.15, -0.1) is 12.4 Å². The number of hydrogen-bond donors (Lipinski definition) is 1. The van der Waals surface area contributed by atoms with Crippen LogP contribution in [0.4, 0.5) is 20.2 Å². The van der Waals surface area contributed by atoms with Crippen molar-refractivity contribution in [1.29, 1.82) is 0 Å². The van der Waals surface area contributed by atoms with E-state index in [2.05, 4.69) is 26.3 Å². The summed E-state index contributed by atoms with van der Waals surface area (Å²) < 4.78 is 58.0. The predicted molar refractivity (Wildman–Crippen MR) is 121 cm³/mol. The van der Waals surface area contributed by atoms with Crippen LogP contribution in [0.5, 0.6) is 5.75 Å². The number of anilines is 2. The van der Waals surface area contributed by atoms with Crippen LogP contribution in [0.25, 0.3) is 0 Å². The van der Waals surface area contributed by atoms with Crippen LogP contribution in [0, 0.1) is 13.8 Å². The summed E-state index contributed by atoms with van der Waals surface area (Å²) in [7, 11) is -1.82. The standard InChI is InChI=1S/C21H27F2N3O3S.ClH/c1-15-6-8-18(14-19(15)26-10-4-9-25(3)11-12-26)30(27,28)24-17-7-5-16(2)20(13-17)29-21(22)23;/h5-8,13-14,21,24H,4,9-12H2,1-3H3;1H. The van der Waals surface area contributed by atoms with Gasteiger partial charge >= 0.3 is 6.61 Å². The lowest BCUT2D eigenvalue weighted by atomic mass is 10.1. The molecule has 3 rings (SSSR count). The number of aryl methyl sites for hydroxylation is 2. The molecule has 1 N–H and O–H groups in total. The SMILES string of the molecule is Cc1ccc(NS(=O)(=O)c2ccc(C)c(N3CCCN(C)CC3)c2)cc1OC(F)F.Cl. The average molecular weight is 476 g/mol. The van der Waals surface area contributed by atoms with Crippen molar-refractivity contribution in [3.05, 3.63) is 47.5 Å². The summed E-state index contributed by atoms with van der Waals surface area (Å²) in [5.41, 5.74) is 2.54. The first kappa shape index (κ1) is 25.2. The van der Waals surface area contributed by atoms with E-state index in [1.54, 1.807) is 25.1 Å². The molecule has 1 saturated heterocycles. The molecule has 2 aromatic rings. The van der Waals surface area contributed by atoms with Crippen LogP contribution in [-0.4, -0.2) is 53.2 Å². The Balaban J connectivity index is 0.00000341. The first-order valence-electron chi connectivity index (χ1n) is 9.78. The monoisotopic (exact) mass is 475 g/mol. The molecule has 6 nitrogen and oxygen atoms in total. The normalized spacial score (nSPS) is 15.4. The fourth-order valence-electron chi connectivity index (χ4n) is 3.49. The molecule has 10 heteroatoms. The van der Waals surface area contributed by atoms with Gasteiger partial charge in [0.25, 0.3) is 10.0 Å². The Hall–Kier alpha value is -2.10. The second-order valence-corrected chi connectivity index (χ2v) is 9.24. The Kier molecular flexibility index (Phi) is 8.50. The van der Waals surface area contributed by atoms with Crippen LogP contribution in [-0.2, 0) is 10.0 Å². The molecule has 0 amide bonds. The fourth-order valence-corrected chi connectivity index (χ4v) is 4.55. The number of nitrogens with one attached hydrogen (secondary N) is 1. The van der Waals surface area contributed by atoms with E-state index >= 15 is 0 Å². The van der Waals surface area contributed by atoms with Crippen molar-refractivity contribution in [2.75, 3.05) is 42.8 Å². The van der Waals surface area contributed by atoms with E-state index in [-0.39, 0.29) is 28.7 Å². The van der Waals surface area contributed by atoms with Crippen molar-refractivity contribution >= 4 is 33.8 Å². The van der Waals surface area contributed by atoms with Gasteiger partial charge in [0.1, 0.15) is 5.75 Å². The minimum Gasteiger partial charge on any atom is -0.434 e. The van der Waals surface area contributed by atoms with Gasteiger partial charge in [0.15, 0.2) is 0 Å². The topological polar surface area (TPSA) is 61.9 Å². The van der Waals surface area contributed by atoms with Crippen LogP contribution in [0.2, 0.25) is 0 Å². The summed E-state index contributed by atoms with van der Waals surface area (Å²) >= 11 is 0. The van der Waals surface area contributed by atoms with Crippen molar-refractivity contribution in [3.63, 3.8) is 0 Å². The maximum Gasteiger partial charge on any atom is 0.387 e. The van der Waals surface area contributed by atoms with Gasteiger partial charge in [-0.2, -0.15) is 8.78 Å². The van der Waals surface area contributed by atoms with Gasteiger partial charge in [-0.1, -0.05) is 12.1 Å². The third-order valence-corrected chi connectivity index (χ3v) is 6.59. The number of sulfonamides is 1. The molecule has 0 unspecified atom stereocenters. The molecule has 0 radical (unpaired) electrons. The third-order valence-electron chi connectivity index (χ3n) is 5.21. The van der Waals surface area contributed by atoms with E-state index in [0.717, 1.165) is 43.9 Å². The summed E-state index contributed by atoms with van der Waals surface area (Å²) in [6.07, 6.45) is 1.00. The maximum atomic E-state index is 13.0. The molecule has 1 aliphatic heterocycles. The molecule has 0 bridgehead atoms. The number of halogens is 3. The third kappa shape index (κ3) is 6.44. The van der Waals surface area contributed by atoms with Gasteiger partial charge < -0.3 is 14.5 Å². The fraction of sp³-hybridized carbons (Fsp3) is 0.429. The number of alkyl halides is 2. The first-order valence-corrected chi connectivity index (χ1v) is 11.3. The van der Waals surface area contributed by atoms with Gasteiger partial charge in [0.05, 0.1) is 10.6 Å². The molecule has 0 saturated carbocycles. The average Bonchev–Trinajstić information content (AvgIpc) is 2.88. The zero-order valence-corrected chi connectivity index (χ0v) is 19.4. The van der Waals surface area contributed by atoms with Crippen molar-refractivity contribution in [3.8, 4) is 5.75 Å². The molecule has 0 atom stereocenters. The number of ether oxygens (including phenoxy) is 1. The molecule has 172 valence electrons. The minimum absolute atomic E-state index is 0. The highest BCUT2D eigenvalue weighted by Crippen LogP contribution is 2.29. The van der Waals surface area contributed by atoms with E-state index in [9.17, 15) is 17.2 Å². The number of benzene rings is 2. The molecule has 0 aromatic heterocycles. The summed E-state index contributed by atoms with van der Waals surface area (Å²) in [5.74, 6) is -0.0662. The largest absolute Gasteiger partial charge is 0.434 e. The molecule has 1 fully saturated rings. The minimum atomic E-state index is -3.90. The van der Waals surface area contributed by atoms with Crippen LogP contribution in [0.3, 0.4) is 0 Å². The second kappa shape index (κ2) is 10.5. The number of likely N-dealkylation sites (N-methyl/N-ethyl adjacent to an activating group) is 1. The van der Waals surface area contributed by atoms with Gasteiger partial charge in [-0.3, -0.25) is 4.72 Å². The highest BCUT2D eigenvalue weighted by atomic mass is 35.5. The maximum absolute atomic E-state index is 13.0. The lowest BCUT2D eigenvalue weighted by Crippen LogP contribution is -2.29.